The topological polar surface area (TPSA) is 93.9 Å². The molecule has 30 heavy (non-hydrogen) atoms. The number of aromatic nitrogens is 3. The average molecular weight is 427 g/mol. The van der Waals surface area contributed by atoms with Gasteiger partial charge < -0.3 is 5.32 Å². The lowest BCUT2D eigenvalue weighted by Crippen LogP contribution is -2.29. The zero-order valence-electron chi connectivity index (χ0n) is 17.6. The van der Waals surface area contributed by atoms with Gasteiger partial charge in [0.25, 0.3) is 5.91 Å². The van der Waals surface area contributed by atoms with Crippen molar-refractivity contribution in [2.75, 3.05) is 6.26 Å². The van der Waals surface area contributed by atoms with Crippen LogP contribution in [0.15, 0.2) is 53.8 Å². The standard InChI is InChI=1S/C22H26N4O3S/c1-5-6-21(17-11-19(13-23-12-17)30(4,28)29)25-22(27)20-14-24-26(16(20)3)18-9-7-15(2)8-10-18/h7-14,21H,5-6H2,1-4H3,(H,25,27). The van der Waals surface area contributed by atoms with E-state index in [1.54, 1.807) is 23.1 Å². The molecular weight excluding hydrogens is 400 g/mol. The Balaban J connectivity index is 1.87. The summed E-state index contributed by atoms with van der Waals surface area (Å²) in [5.74, 6) is -0.255. The average Bonchev–Trinajstić information content (AvgIpc) is 3.09. The summed E-state index contributed by atoms with van der Waals surface area (Å²) < 4.78 is 25.5. The van der Waals surface area contributed by atoms with Crippen LogP contribution in [0.2, 0.25) is 0 Å². The van der Waals surface area contributed by atoms with E-state index in [-0.39, 0.29) is 16.8 Å². The fourth-order valence-electron chi connectivity index (χ4n) is 3.25. The molecule has 0 radical (unpaired) electrons. The highest BCUT2D eigenvalue weighted by molar-refractivity contribution is 7.90. The van der Waals surface area contributed by atoms with E-state index < -0.39 is 9.84 Å². The molecule has 8 heteroatoms. The maximum Gasteiger partial charge on any atom is 0.255 e. The summed E-state index contributed by atoms with van der Waals surface area (Å²) in [7, 11) is -3.38. The number of hydrogen-bond donors (Lipinski definition) is 1. The number of amides is 1. The molecule has 0 bridgehead atoms. The Morgan fingerprint density at radius 2 is 1.83 bits per heavy atom. The second kappa shape index (κ2) is 8.79. The first-order chi connectivity index (χ1) is 14.2. The Morgan fingerprint density at radius 1 is 1.13 bits per heavy atom. The van der Waals surface area contributed by atoms with Gasteiger partial charge in [-0.05, 0) is 44.0 Å². The van der Waals surface area contributed by atoms with E-state index in [0.717, 1.165) is 29.6 Å². The van der Waals surface area contributed by atoms with Crippen LogP contribution in [0, 0.1) is 13.8 Å². The minimum absolute atomic E-state index is 0.138. The van der Waals surface area contributed by atoms with Gasteiger partial charge in [-0.1, -0.05) is 31.0 Å². The molecule has 0 aliphatic heterocycles. The molecule has 158 valence electrons. The SMILES string of the molecule is CCCC(NC(=O)c1cnn(-c2ccc(C)cc2)c1C)c1cncc(S(C)(=O)=O)c1. The van der Waals surface area contributed by atoms with Crippen molar-refractivity contribution >= 4 is 15.7 Å². The quantitative estimate of drug-likeness (QED) is 0.623. The van der Waals surface area contributed by atoms with Crippen LogP contribution in [0.25, 0.3) is 5.69 Å². The molecule has 3 aromatic rings. The van der Waals surface area contributed by atoms with E-state index >= 15 is 0 Å². The van der Waals surface area contributed by atoms with Crippen molar-refractivity contribution in [2.24, 2.45) is 0 Å². The Hall–Kier alpha value is -3.00. The molecule has 1 aromatic carbocycles. The fourth-order valence-corrected chi connectivity index (χ4v) is 3.86. The molecule has 1 N–H and O–H groups in total. The van der Waals surface area contributed by atoms with Crippen LogP contribution in [0.5, 0.6) is 0 Å². The summed E-state index contributed by atoms with van der Waals surface area (Å²) in [4.78, 5) is 17.2. The van der Waals surface area contributed by atoms with Gasteiger partial charge in [-0.25, -0.2) is 13.1 Å². The molecule has 0 aliphatic carbocycles. The zero-order chi connectivity index (χ0) is 21.9. The monoisotopic (exact) mass is 426 g/mol. The zero-order valence-corrected chi connectivity index (χ0v) is 18.4. The normalized spacial score (nSPS) is 12.5. The second-order valence-corrected chi connectivity index (χ2v) is 9.45. The van der Waals surface area contributed by atoms with Gasteiger partial charge in [-0.2, -0.15) is 5.10 Å². The van der Waals surface area contributed by atoms with E-state index in [1.165, 1.54) is 6.20 Å². The fraction of sp³-hybridized carbons (Fsp3) is 0.318. The summed E-state index contributed by atoms with van der Waals surface area (Å²) in [6, 6.07) is 9.13. The third-order valence-corrected chi connectivity index (χ3v) is 6.06. The molecule has 0 spiro atoms. The third-order valence-electron chi connectivity index (χ3n) is 4.98. The van der Waals surface area contributed by atoms with E-state index in [9.17, 15) is 13.2 Å². The molecule has 0 saturated carbocycles. The van der Waals surface area contributed by atoms with E-state index in [1.807, 2.05) is 45.0 Å². The van der Waals surface area contributed by atoms with E-state index in [4.69, 9.17) is 0 Å². The van der Waals surface area contributed by atoms with Crippen LogP contribution in [-0.4, -0.2) is 35.3 Å². The largest absolute Gasteiger partial charge is 0.345 e. The van der Waals surface area contributed by atoms with Gasteiger partial charge in [-0.3, -0.25) is 9.78 Å². The molecule has 2 heterocycles. The maximum absolute atomic E-state index is 13.0. The molecule has 1 amide bonds. The minimum Gasteiger partial charge on any atom is -0.345 e. The molecule has 0 fully saturated rings. The number of sulfone groups is 1. The van der Waals surface area contributed by atoms with Crippen LogP contribution in [0.1, 0.15) is 53.0 Å². The van der Waals surface area contributed by atoms with Gasteiger partial charge in [0.15, 0.2) is 9.84 Å². The predicted octanol–water partition coefficient (Wildman–Crippen LogP) is 3.56. The number of carbonyl (C=O) groups excluding carboxylic acids is 1. The second-order valence-electron chi connectivity index (χ2n) is 7.43. The lowest BCUT2D eigenvalue weighted by Gasteiger charge is -2.19. The molecule has 2 aromatic heterocycles. The van der Waals surface area contributed by atoms with E-state index in [2.05, 4.69) is 15.4 Å². The number of nitrogens with zero attached hydrogens (tertiary/aromatic N) is 3. The van der Waals surface area contributed by atoms with Crippen LogP contribution in [0.4, 0.5) is 0 Å². The van der Waals surface area contributed by atoms with Crippen LogP contribution in [-0.2, 0) is 9.84 Å². The summed E-state index contributed by atoms with van der Waals surface area (Å²) in [5, 5.41) is 7.39. The Morgan fingerprint density at radius 3 is 2.47 bits per heavy atom. The first kappa shape index (κ1) is 21.7. The van der Waals surface area contributed by atoms with Crippen molar-refractivity contribution in [1.82, 2.24) is 20.1 Å². The molecule has 0 saturated heterocycles. The third kappa shape index (κ3) is 4.76. The van der Waals surface area contributed by atoms with Gasteiger partial charge >= 0.3 is 0 Å². The lowest BCUT2D eigenvalue weighted by molar-refractivity contribution is 0.0933. The number of rotatable bonds is 7. The molecule has 0 aliphatic rings. The molecular formula is C22H26N4O3S. The minimum atomic E-state index is -3.38. The van der Waals surface area contributed by atoms with Crippen molar-refractivity contribution in [2.45, 2.75) is 44.6 Å². The van der Waals surface area contributed by atoms with Crippen molar-refractivity contribution in [3.05, 3.63) is 71.3 Å². The summed E-state index contributed by atoms with van der Waals surface area (Å²) in [6.07, 6.45) is 7.08. The number of pyridine rings is 1. The highest BCUT2D eigenvalue weighted by atomic mass is 32.2. The van der Waals surface area contributed by atoms with Gasteiger partial charge in [-0.15, -0.1) is 0 Å². The molecule has 1 unspecified atom stereocenters. The number of aryl methyl sites for hydroxylation is 1. The van der Waals surface area contributed by atoms with Crippen molar-refractivity contribution in [3.8, 4) is 5.69 Å². The van der Waals surface area contributed by atoms with Gasteiger partial charge in [0, 0.05) is 18.6 Å². The predicted molar refractivity (Wildman–Crippen MR) is 116 cm³/mol. The van der Waals surface area contributed by atoms with Gasteiger partial charge in [0.1, 0.15) is 0 Å². The Labute approximate surface area is 177 Å². The molecule has 1 atom stereocenters. The summed E-state index contributed by atoms with van der Waals surface area (Å²) in [6.45, 7) is 5.87. The summed E-state index contributed by atoms with van der Waals surface area (Å²) >= 11 is 0. The number of carbonyl (C=O) groups is 1. The molecule has 7 nitrogen and oxygen atoms in total. The van der Waals surface area contributed by atoms with Crippen LogP contribution in [0.3, 0.4) is 0 Å². The highest BCUT2D eigenvalue weighted by Crippen LogP contribution is 2.22. The van der Waals surface area contributed by atoms with Crippen molar-refractivity contribution in [1.29, 1.82) is 0 Å². The Kier molecular flexibility index (Phi) is 6.36. The number of nitrogens with one attached hydrogen (secondary N) is 1. The van der Waals surface area contributed by atoms with E-state index in [0.29, 0.717) is 17.5 Å². The van der Waals surface area contributed by atoms with Crippen LogP contribution < -0.4 is 5.32 Å². The first-order valence-electron chi connectivity index (χ1n) is 9.78. The molecule has 3 rings (SSSR count). The maximum atomic E-state index is 13.0. The van der Waals surface area contributed by atoms with Crippen molar-refractivity contribution < 1.29 is 13.2 Å². The smallest absolute Gasteiger partial charge is 0.255 e. The number of hydrogen-bond acceptors (Lipinski definition) is 5. The van der Waals surface area contributed by atoms with Crippen LogP contribution >= 0.6 is 0 Å². The van der Waals surface area contributed by atoms with Gasteiger partial charge in [0.2, 0.25) is 0 Å². The highest BCUT2D eigenvalue weighted by Gasteiger charge is 2.21. The Bertz CT molecular complexity index is 1150. The first-order valence-corrected chi connectivity index (χ1v) is 11.7. The number of benzene rings is 1. The van der Waals surface area contributed by atoms with Gasteiger partial charge in [0.05, 0.1) is 34.1 Å². The summed E-state index contributed by atoms with van der Waals surface area (Å²) in [5.41, 5.74) is 3.90. The lowest BCUT2D eigenvalue weighted by atomic mass is 10.0. The van der Waals surface area contributed by atoms with Crippen molar-refractivity contribution in [3.63, 3.8) is 0 Å².